The number of nitrogens with one attached hydrogen (secondary N) is 1. The third kappa shape index (κ3) is 3.36. The fourth-order valence-electron chi connectivity index (χ4n) is 3.87. The van der Waals surface area contributed by atoms with Crippen molar-refractivity contribution in [1.29, 1.82) is 0 Å². The number of imide groups is 1. The predicted octanol–water partition coefficient (Wildman–Crippen LogP) is 5.41. The molecule has 154 valence electrons. The van der Waals surface area contributed by atoms with E-state index in [0.29, 0.717) is 28.1 Å². The lowest BCUT2D eigenvalue weighted by atomic mass is 10.0. The first-order valence-corrected chi connectivity index (χ1v) is 10.2. The Hall–Kier alpha value is -4.51. The summed E-state index contributed by atoms with van der Waals surface area (Å²) >= 11 is 0. The van der Waals surface area contributed by atoms with Gasteiger partial charge in [0.05, 0.1) is 16.8 Å². The third-order valence-corrected chi connectivity index (χ3v) is 5.42. The highest BCUT2D eigenvalue weighted by Gasteiger charge is 2.36. The molecule has 0 spiro atoms. The molecule has 4 aromatic carbocycles. The molecule has 0 atom stereocenters. The number of anilines is 2. The van der Waals surface area contributed by atoms with Gasteiger partial charge in [0, 0.05) is 16.8 Å². The molecule has 5 nitrogen and oxygen atoms in total. The number of hydrogen-bond acceptors (Lipinski definition) is 3. The van der Waals surface area contributed by atoms with Gasteiger partial charge in [0.25, 0.3) is 17.7 Å². The van der Waals surface area contributed by atoms with Crippen LogP contribution in [0.15, 0.2) is 103 Å². The molecule has 0 unspecified atom stereocenters. The van der Waals surface area contributed by atoms with Crippen molar-refractivity contribution in [3.8, 4) is 11.1 Å². The molecule has 5 heteroatoms. The molecule has 0 aliphatic carbocycles. The Morgan fingerprint density at radius 1 is 0.625 bits per heavy atom. The zero-order valence-corrected chi connectivity index (χ0v) is 17.0. The van der Waals surface area contributed by atoms with E-state index in [1.165, 1.54) is 0 Å². The standard InChI is InChI=1S/C27H18N2O3/c30-25(28-24-16-7-6-13-21(24)18-9-2-1-3-10-18)19-11-8-12-20(17-19)29-26(31)22-14-4-5-15-23(22)27(29)32/h1-17H,(H,28,30). The van der Waals surface area contributed by atoms with Gasteiger partial charge in [-0.3, -0.25) is 14.4 Å². The van der Waals surface area contributed by atoms with E-state index in [2.05, 4.69) is 5.32 Å². The van der Waals surface area contributed by atoms with Gasteiger partial charge in [-0.15, -0.1) is 0 Å². The molecule has 3 amide bonds. The monoisotopic (exact) mass is 418 g/mol. The zero-order valence-electron chi connectivity index (χ0n) is 17.0. The summed E-state index contributed by atoms with van der Waals surface area (Å²) in [4.78, 5) is 39.7. The first kappa shape index (κ1) is 19.5. The van der Waals surface area contributed by atoms with E-state index in [9.17, 15) is 14.4 Å². The Bertz CT molecular complexity index is 1330. The van der Waals surface area contributed by atoms with Gasteiger partial charge in [-0.25, -0.2) is 4.90 Å². The lowest BCUT2D eigenvalue weighted by Crippen LogP contribution is -2.29. The summed E-state index contributed by atoms with van der Waals surface area (Å²) in [5, 5.41) is 2.96. The van der Waals surface area contributed by atoms with Gasteiger partial charge in [0.1, 0.15) is 0 Å². The van der Waals surface area contributed by atoms with E-state index in [-0.39, 0.29) is 5.91 Å². The molecular formula is C27H18N2O3. The average molecular weight is 418 g/mol. The molecule has 1 aliphatic rings. The van der Waals surface area contributed by atoms with Gasteiger partial charge in [-0.1, -0.05) is 66.7 Å². The molecule has 1 aliphatic heterocycles. The van der Waals surface area contributed by atoms with Crippen LogP contribution in [0.2, 0.25) is 0 Å². The molecule has 1 heterocycles. The normalized spacial score (nSPS) is 12.6. The number of benzene rings is 4. The predicted molar refractivity (Wildman–Crippen MR) is 124 cm³/mol. The minimum Gasteiger partial charge on any atom is -0.321 e. The van der Waals surface area contributed by atoms with Crippen molar-refractivity contribution in [3.63, 3.8) is 0 Å². The first-order chi connectivity index (χ1) is 15.6. The van der Waals surface area contributed by atoms with E-state index in [1.807, 2.05) is 54.6 Å². The van der Waals surface area contributed by atoms with Crippen molar-refractivity contribution in [2.24, 2.45) is 0 Å². The van der Waals surface area contributed by atoms with E-state index >= 15 is 0 Å². The van der Waals surface area contributed by atoms with Crippen LogP contribution in [0.25, 0.3) is 11.1 Å². The summed E-state index contributed by atoms with van der Waals surface area (Å²) in [5.74, 6) is -1.11. The van der Waals surface area contributed by atoms with Gasteiger partial charge in [0.15, 0.2) is 0 Å². The maximum atomic E-state index is 13.0. The second kappa shape index (κ2) is 7.96. The molecule has 32 heavy (non-hydrogen) atoms. The Morgan fingerprint density at radius 2 is 1.22 bits per heavy atom. The molecule has 0 radical (unpaired) electrons. The van der Waals surface area contributed by atoms with Crippen LogP contribution in [-0.2, 0) is 0 Å². The Morgan fingerprint density at radius 3 is 1.91 bits per heavy atom. The molecule has 0 aromatic heterocycles. The molecule has 5 rings (SSSR count). The van der Waals surface area contributed by atoms with Gasteiger partial charge in [-0.2, -0.15) is 0 Å². The quantitative estimate of drug-likeness (QED) is 0.451. The highest BCUT2D eigenvalue weighted by molar-refractivity contribution is 6.34. The summed E-state index contributed by atoms with van der Waals surface area (Å²) < 4.78 is 0. The van der Waals surface area contributed by atoms with Gasteiger partial charge in [0.2, 0.25) is 0 Å². The maximum absolute atomic E-state index is 13.0. The van der Waals surface area contributed by atoms with Crippen molar-refractivity contribution in [2.45, 2.75) is 0 Å². The Labute approximate surface area is 184 Å². The van der Waals surface area contributed by atoms with E-state index in [0.717, 1.165) is 16.0 Å². The fourth-order valence-corrected chi connectivity index (χ4v) is 3.87. The molecule has 1 N–H and O–H groups in total. The van der Waals surface area contributed by atoms with Crippen LogP contribution < -0.4 is 10.2 Å². The van der Waals surface area contributed by atoms with Gasteiger partial charge < -0.3 is 5.32 Å². The van der Waals surface area contributed by atoms with Crippen molar-refractivity contribution >= 4 is 29.1 Å². The fraction of sp³-hybridized carbons (Fsp3) is 0. The summed E-state index contributed by atoms with van der Waals surface area (Å²) in [5.41, 5.74) is 4.01. The molecule has 0 saturated carbocycles. The number of amides is 3. The second-order valence-electron chi connectivity index (χ2n) is 7.41. The number of carbonyl (C=O) groups excluding carboxylic acids is 3. The first-order valence-electron chi connectivity index (χ1n) is 10.2. The largest absolute Gasteiger partial charge is 0.321 e. The SMILES string of the molecule is O=C(Nc1ccccc1-c1ccccc1)c1cccc(N2C(=O)c3ccccc3C2=O)c1. The minimum atomic E-state index is -0.391. The zero-order chi connectivity index (χ0) is 22.1. The minimum absolute atomic E-state index is 0.327. The van der Waals surface area contributed by atoms with Crippen LogP contribution in [0, 0.1) is 0 Å². The molecule has 4 aromatic rings. The number of para-hydroxylation sites is 1. The summed E-state index contributed by atoms with van der Waals surface area (Å²) in [6.07, 6.45) is 0. The highest BCUT2D eigenvalue weighted by Crippen LogP contribution is 2.30. The maximum Gasteiger partial charge on any atom is 0.266 e. The number of carbonyl (C=O) groups is 3. The van der Waals surface area contributed by atoms with Crippen LogP contribution in [0.3, 0.4) is 0 Å². The summed E-state index contributed by atoms with van der Waals surface area (Å²) in [7, 11) is 0. The molecule has 0 saturated heterocycles. The third-order valence-electron chi connectivity index (χ3n) is 5.42. The lowest BCUT2D eigenvalue weighted by Gasteiger charge is -2.16. The van der Waals surface area contributed by atoms with Crippen molar-refractivity contribution < 1.29 is 14.4 Å². The average Bonchev–Trinajstić information content (AvgIpc) is 3.10. The van der Waals surface area contributed by atoms with Crippen LogP contribution in [0.1, 0.15) is 31.1 Å². The van der Waals surface area contributed by atoms with Crippen molar-refractivity contribution in [2.75, 3.05) is 10.2 Å². The number of fused-ring (bicyclic) bond motifs is 1. The second-order valence-corrected chi connectivity index (χ2v) is 7.41. The number of rotatable bonds is 4. The van der Waals surface area contributed by atoms with Gasteiger partial charge in [-0.05, 0) is 42.0 Å². The smallest absolute Gasteiger partial charge is 0.266 e. The molecule has 0 bridgehead atoms. The van der Waals surface area contributed by atoms with Crippen molar-refractivity contribution in [3.05, 3.63) is 120 Å². The van der Waals surface area contributed by atoms with E-state index in [1.54, 1.807) is 48.5 Å². The molecular weight excluding hydrogens is 400 g/mol. The number of hydrogen-bond donors (Lipinski definition) is 1. The Kier molecular flexibility index (Phi) is 4.84. The van der Waals surface area contributed by atoms with E-state index in [4.69, 9.17) is 0 Å². The van der Waals surface area contributed by atoms with Crippen molar-refractivity contribution in [1.82, 2.24) is 0 Å². The topological polar surface area (TPSA) is 66.5 Å². The lowest BCUT2D eigenvalue weighted by molar-refractivity contribution is 0.0924. The Balaban J connectivity index is 1.44. The van der Waals surface area contributed by atoms with E-state index < -0.39 is 11.8 Å². The highest BCUT2D eigenvalue weighted by atomic mass is 16.2. The number of nitrogens with zero attached hydrogens (tertiary/aromatic N) is 1. The van der Waals surface area contributed by atoms with Crippen LogP contribution in [-0.4, -0.2) is 17.7 Å². The van der Waals surface area contributed by atoms with Crippen LogP contribution in [0.5, 0.6) is 0 Å². The summed E-state index contributed by atoms with van der Waals surface area (Å²) in [6.45, 7) is 0. The van der Waals surface area contributed by atoms with Gasteiger partial charge >= 0.3 is 0 Å². The van der Waals surface area contributed by atoms with Crippen LogP contribution >= 0.6 is 0 Å². The molecule has 0 fully saturated rings. The summed E-state index contributed by atoms with van der Waals surface area (Å²) in [6, 6.07) is 30.6. The van der Waals surface area contributed by atoms with Crippen LogP contribution in [0.4, 0.5) is 11.4 Å².